The smallest absolute Gasteiger partial charge is 0.114 e. The Morgan fingerprint density at radius 3 is 2.55 bits per heavy atom. The molecule has 0 fully saturated rings. The van der Waals surface area contributed by atoms with E-state index in [0.29, 0.717) is 0 Å². The molecule has 1 aromatic rings. The maximum absolute atomic E-state index is 5.75. The van der Waals surface area contributed by atoms with Gasteiger partial charge < -0.3 is 5.73 Å². The second-order valence-electron chi connectivity index (χ2n) is 2.70. The van der Waals surface area contributed by atoms with Crippen molar-refractivity contribution in [3.8, 4) is 0 Å². The SMILES string of the molecule is [B]c1ccc(N)c(C)c1CC. The van der Waals surface area contributed by atoms with Crippen molar-refractivity contribution < 1.29 is 0 Å². The third kappa shape index (κ3) is 1.39. The van der Waals surface area contributed by atoms with Crippen molar-refractivity contribution >= 4 is 19.0 Å². The van der Waals surface area contributed by atoms with Crippen LogP contribution in [0.1, 0.15) is 18.1 Å². The fourth-order valence-corrected chi connectivity index (χ4v) is 1.27. The molecule has 0 heterocycles. The van der Waals surface area contributed by atoms with E-state index in [9.17, 15) is 0 Å². The van der Waals surface area contributed by atoms with Crippen molar-refractivity contribution in [1.29, 1.82) is 0 Å². The number of hydrogen-bond acceptors (Lipinski definition) is 1. The second kappa shape index (κ2) is 2.99. The van der Waals surface area contributed by atoms with Gasteiger partial charge in [-0.2, -0.15) is 0 Å². The lowest BCUT2D eigenvalue weighted by molar-refractivity contribution is 1.13. The van der Waals surface area contributed by atoms with Crippen molar-refractivity contribution in [1.82, 2.24) is 0 Å². The van der Waals surface area contributed by atoms with Crippen LogP contribution in [0, 0.1) is 6.92 Å². The van der Waals surface area contributed by atoms with E-state index in [1.165, 1.54) is 5.56 Å². The van der Waals surface area contributed by atoms with Crippen LogP contribution in [0.3, 0.4) is 0 Å². The zero-order valence-corrected chi connectivity index (χ0v) is 7.02. The molecule has 1 nitrogen and oxygen atoms in total. The summed E-state index contributed by atoms with van der Waals surface area (Å²) in [5.41, 5.74) is 9.68. The maximum Gasteiger partial charge on any atom is 0.114 e. The minimum absolute atomic E-state index is 0.830. The van der Waals surface area contributed by atoms with Crippen LogP contribution >= 0.6 is 0 Å². The van der Waals surface area contributed by atoms with Crippen LogP contribution in [0.2, 0.25) is 0 Å². The molecule has 0 atom stereocenters. The zero-order chi connectivity index (χ0) is 8.43. The molecule has 2 N–H and O–H groups in total. The van der Waals surface area contributed by atoms with E-state index in [1.54, 1.807) is 0 Å². The largest absolute Gasteiger partial charge is 0.399 e. The highest BCUT2D eigenvalue weighted by molar-refractivity contribution is 6.33. The summed E-state index contributed by atoms with van der Waals surface area (Å²) in [6.07, 6.45) is 0.947. The van der Waals surface area contributed by atoms with Gasteiger partial charge in [-0.15, -0.1) is 0 Å². The molecule has 0 aromatic heterocycles. The number of nitrogen functional groups attached to an aromatic ring is 1. The quantitative estimate of drug-likeness (QED) is 0.461. The van der Waals surface area contributed by atoms with E-state index in [4.69, 9.17) is 13.6 Å². The Morgan fingerprint density at radius 1 is 1.45 bits per heavy atom. The van der Waals surface area contributed by atoms with Crippen molar-refractivity contribution in [2.75, 3.05) is 5.73 Å². The van der Waals surface area contributed by atoms with Crippen LogP contribution in [0.5, 0.6) is 0 Å². The predicted molar refractivity (Wildman–Crippen MR) is 50.4 cm³/mol. The van der Waals surface area contributed by atoms with E-state index in [2.05, 4.69) is 6.92 Å². The maximum atomic E-state index is 5.75. The van der Waals surface area contributed by atoms with Gasteiger partial charge in [0.05, 0.1) is 0 Å². The Kier molecular flexibility index (Phi) is 2.23. The van der Waals surface area contributed by atoms with Crippen molar-refractivity contribution in [2.45, 2.75) is 20.3 Å². The third-order valence-electron chi connectivity index (χ3n) is 2.03. The molecule has 0 amide bonds. The topological polar surface area (TPSA) is 26.0 Å². The van der Waals surface area contributed by atoms with Crippen molar-refractivity contribution in [3.05, 3.63) is 23.3 Å². The summed E-state index contributed by atoms with van der Waals surface area (Å²) >= 11 is 0. The van der Waals surface area contributed by atoms with Crippen molar-refractivity contribution in [3.63, 3.8) is 0 Å². The normalized spacial score (nSPS) is 10.0. The van der Waals surface area contributed by atoms with Crippen LogP contribution in [0.25, 0.3) is 0 Å². The van der Waals surface area contributed by atoms with E-state index in [1.807, 2.05) is 19.1 Å². The molecule has 0 spiro atoms. The Bertz CT molecular complexity index is 269. The molecule has 0 aliphatic carbocycles. The highest BCUT2D eigenvalue weighted by Crippen LogP contribution is 2.13. The molecule has 0 saturated carbocycles. The lowest BCUT2D eigenvalue weighted by Gasteiger charge is -2.09. The van der Waals surface area contributed by atoms with Gasteiger partial charge in [0, 0.05) is 5.69 Å². The molecule has 11 heavy (non-hydrogen) atoms. The van der Waals surface area contributed by atoms with Crippen molar-refractivity contribution in [2.24, 2.45) is 0 Å². The van der Waals surface area contributed by atoms with E-state index >= 15 is 0 Å². The highest BCUT2D eigenvalue weighted by atomic mass is 14.6. The van der Waals surface area contributed by atoms with Gasteiger partial charge in [0.2, 0.25) is 0 Å². The molecule has 2 heteroatoms. The Hall–Kier alpha value is -0.915. The van der Waals surface area contributed by atoms with Crippen LogP contribution in [-0.4, -0.2) is 7.85 Å². The fourth-order valence-electron chi connectivity index (χ4n) is 1.27. The summed E-state index contributed by atoms with van der Waals surface area (Å²) in [7, 11) is 5.75. The van der Waals surface area contributed by atoms with E-state index in [-0.39, 0.29) is 0 Å². The molecule has 0 aliphatic rings. The minimum Gasteiger partial charge on any atom is -0.399 e. The van der Waals surface area contributed by atoms with Gasteiger partial charge in [-0.05, 0) is 25.0 Å². The number of hydrogen-bond donors (Lipinski definition) is 1. The zero-order valence-electron chi connectivity index (χ0n) is 7.02. The lowest BCUT2D eigenvalue weighted by Crippen LogP contribution is -2.12. The van der Waals surface area contributed by atoms with Gasteiger partial charge in [0.15, 0.2) is 0 Å². The first kappa shape index (κ1) is 8.18. The Balaban J connectivity index is 3.29. The molecule has 1 rings (SSSR count). The first-order chi connectivity index (χ1) is 5.16. The number of rotatable bonds is 1. The number of nitrogens with two attached hydrogens (primary N) is 1. The van der Waals surface area contributed by atoms with Gasteiger partial charge >= 0.3 is 0 Å². The average Bonchev–Trinajstić information content (AvgIpc) is 1.99. The monoisotopic (exact) mass is 145 g/mol. The first-order valence-corrected chi connectivity index (χ1v) is 3.80. The first-order valence-electron chi connectivity index (χ1n) is 3.80. The van der Waals surface area contributed by atoms with E-state index < -0.39 is 0 Å². The standard InChI is InChI=1S/C9H12BN/c1-3-7-6(2)9(11)5-4-8(7)10/h4-5H,3,11H2,1-2H3. The van der Waals surface area contributed by atoms with Gasteiger partial charge in [-0.3, -0.25) is 0 Å². The Labute approximate surface area is 69.0 Å². The lowest BCUT2D eigenvalue weighted by atomic mass is 9.86. The van der Waals surface area contributed by atoms with Crippen LogP contribution in [0.15, 0.2) is 12.1 Å². The summed E-state index contributed by atoms with van der Waals surface area (Å²) in [6.45, 7) is 4.09. The fraction of sp³-hybridized carbons (Fsp3) is 0.333. The molecule has 2 radical (unpaired) electrons. The minimum atomic E-state index is 0.830. The second-order valence-corrected chi connectivity index (χ2v) is 2.70. The third-order valence-corrected chi connectivity index (χ3v) is 2.03. The van der Waals surface area contributed by atoms with Crippen LogP contribution in [0.4, 0.5) is 5.69 Å². The van der Waals surface area contributed by atoms with Gasteiger partial charge in [0.25, 0.3) is 0 Å². The average molecular weight is 145 g/mol. The van der Waals surface area contributed by atoms with Gasteiger partial charge in [-0.1, -0.05) is 24.0 Å². The molecule has 0 unspecified atom stereocenters. The predicted octanol–water partition coefficient (Wildman–Crippen LogP) is 0.933. The molecular formula is C9H12BN. The highest BCUT2D eigenvalue weighted by Gasteiger charge is 2.01. The summed E-state index contributed by atoms with van der Waals surface area (Å²) in [4.78, 5) is 0. The van der Waals surface area contributed by atoms with Gasteiger partial charge in [-0.25, -0.2) is 0 Å². The van der Waals surface area contributed by atoms with Crippen LogP contribution < -0.4 is 11.2 Å². The molecule has 1 aromatic carbocycles. The number of anilines is 1. The van der Waals surface area contributed by atoms with Crippen LogP contribution in [-0.2, 0) is 6.42 Å². The number of benzene rings is 1. The Morgan fingerprint density at radius 2 is 2.09 bits per heavy atom. The van der Waals surface area contributed by atoms with E-state index in [0.717, 1.165) is 23.1 Å². The molecular weight excluding hydrogens is 133 g/mol. The summed E-state index contributed by atoms with van der Waals surface area (Å²) in [6, 6.07) is 3.71. The summed E-state index contributed by atoms with van der Waals surface area (Å²) in [5.74, 6) is 0. The molecule has 0 bridgehead atoms. The van der Waals surface area contributed by atoms with Gasteiger partial charge in [0.1, 0.15) is 7.85 Å². The molecule has 56 valence electrons. The molecule has 0 aliphatic heterocycles. The summed E-state index contributed by atoms with van der Waals surface area (Å²) in [5, 5.41) is 0. The molecule has 0 saturated heterocycles. The summed E-state index contributed by atoms with van der Waals surface area (Å²) < 4.78 is 0.